The van der Waals surface area contributed by atoms with Crippen molar-refractivity contribution in [2.75, 3.05) is 7.05 Å². The van der Waals surface area contributed by atoms with E-state index in [1.165, 1.54) is 23.9 Å². The average molecular weight is 471 g/mol. The zero-order valence-electron chi connectivity index (χ0n) is 20.0. The van der Waals surface area contributed by atoms with Gasteiger partial charge in [-0.25, -0.2) is 4.39 Å². The number of hydrogen-bond acceptors (Lipinski definition) is 4. The molecule has 0 radical (unpaired) electrons. The van der Waals surface area contributed by atoms with Crippen LogP contribution in [-0.4, -0.2) is 19.2 Å². The number of rotatable bonds is 9. The average Bonchev–Trinajstić information content (AvgIpc) is 3.60. The van der Waals surface area contributed by atoms with Gasteiger partial charge in [0.2, 0.25) is 0 Å². The van der Waals surface area contributed by atoms with E-state index in [1.807, 2.05) is 24.3 Å². The van der Waals surface area contributed by atoms with Gasteiger partial charge in [0.1, 0.15) is 5.82 Å². The summed E-state index contributed by atoms with van der Waals surface area (Å²) >= 11 is 0. The van der Waals surface area contributed by atoms with Gasteiger partial charge in [-0.05, 0) is 72.6 Å². The Morgan fingerprint density at radius 1 is 1.26 bits per heavy atom. The van der Waals surface area contributed by atoms with Gasteiger partial charge in [-0.1, -0.05) is 30.8 Å². The highest BCUT2D eigenvalue weighted by Crippen LogP contribution is 2.49. The molecule has 0 aromatic heterocycles. The molecule has 0 atom stereocenters. The van der Waals surface area contributed by atoms with E-state index >= 15 is 0 Å². The lowest BCUT2D eigenvalue weighted by molar-refractivity contribution is -0.116. The van der Waals surface area contributed by atoms with Crippen LogP contribution in [0.1, 0.15) is 54.4 Å². The minimum Gasteiger partial charge on any atom is -0.404 e. The third-order valence-electron chi connectivity index (χ3n) is 6.63. The van der Waals surface area contributed by atoms with Gasteiger partial charge in [-0.3, -0.25) is 9.79 Å². The van der Waals surface area contributed by atoms with Crippen molar-refractivity contribution in [3.63, 3.8) is 0 Å². The molecule has 2 saturated carbocycles. The molecule has 0 heterocycles. The van der Waals surface area contributed by atoms with E-state index in [4.69, 9.17) is 5.73 Å². The Hall–Kier alpha value is -3.89. The van der Waals surface area contributed by atoms with E-state index in [0.29, 0.717) is 17.7 Å². The van der Waals surface area contributed by atoms with Crippen molar-refractivity contribution in [3.8, 4) is 0 Å². The number of carbonyl (C=O) groups is 1. The number of amides is 1. The smallest absolute Gasteiger partial charge is 0.251 e. The first-order valence-electron chi connectivity index (χ1n) is 11.9. The summed E-state index contributed by atoms with van der Waals surface area (Å²) in [6.07, 6.45) is 9.39. The number of allylic oxidation sites excluding steroid dienone is 2. The zero-order valence-corrected chi connectivity index (χ0v) is 20.0. The minimum atomic E-state index is -0.347. The highest BCUT2D eigenvalue weighted by Gasteiger charge is 2.46. The van der Waals surface area contributed by atoms with Crippen molar-refractivity contribution in [2.45, 2.75) is 44.2 Å². The van der Waals surface area contributed by atoms with Crippen molar-refractivity contribution in [2.24, 2.45) is 10.7 Å². The third kappa shape index (κ3) is 5.44. The largest absolute Gasteiger partial charge is 0.404 e. The van der Waals surface area contributed by atoms with Crippen molar-refractivity contribution in [1.82, 2.24) is 10.6 Å². The molecular formula is C29H31FN4O. The lowest BCUT2D eigenvalue weighted by Crippen LogP contribution is -2.30. The van der Waals surface area contributed by atoms with E-state index < -0.39 is 0 Å². The van der Waals surface area contributed by atoms with Gasteiger partial charge in [-0.15, -0.1) is 5.73 Å². The van der Waals surface area contributed by atoms with Gasteiger partial charge in [-0.2, -0.15) is 0 Å². The number of nitrogens with zero attached hydrogens (tertiary/aromatic N) is 1. The fraction of sp³-hybridized carbons (Fsp3) is 0.276. The van der Waals surface area contributed by atoms with Crippen molar-refractivity contribution in [3.05, 3.63) is 101 Å². The van der Waals surface area contributed by atoms with E-state index in [-0.39, 0.29) is 17.3 Å². The molecule has 0 bridgehead atoms. The van der Waals surface area contributed by atoms with Crippen LogP contribution < -0.4 is 16.4 Å². The Morgan fingerprint density at radius 3 is 2.66 bits per heavy atom. The second kappa shape index (κ2) is 10.6. The molecule has 4 rings (SSSR count). The lowest BCUT2D eigenvalue weighted by Gasteiger charge is -2.30. The van der Waals surface area contributed by atoms with Gasteiger partial charge < -0.3 is 16.4 Å². The summed E-state index contributed by atoms with van der Waals surface area (Å²) in [6, 6.07) is 13.2. The molecule has 2 aliphatic rings. The van der Waals surface area contributed by atoms with Crippen LogP contribution in [0.15, 0.2) is 77.6 Å². The quantitative estimate of drug-likeness (QED) is 0.275. The second-order valence-electron chi connectivity index (χ2n) is 9.00. The molecule has 2 aliphatic carbocycles. The summed E-state index contributed by atoms with van der Waals surface area (Å²) < 4.78 is 14.7. The molecule has 0 spiro atoms. The summed E-state index contributed by atoms with van der Waals surface area (Å²) in [4.78, 5) is 16.0. The molecule has 2 aromatic rings. The Bertz CT molecular complexity index is 1260. The molecular weight excluding hydrogens is 439 g/mol. The first-order chi connectivity index (χ1) is 17.0. The van der Waals surface area contributed by atoms with Crippen LogP contribution in [0.5, 0.6) is 0 Å². The van der Waals surface area contributed by atoms with E-state index in [0.717, 1.165) is 54.5 Å². The lowest BCUT2D eigenvalue weighted by atomic mass is 9.86. The number of halogens is 1. The first-order valence-corrected chi connectivity index (χ1v) is 11.9. The number of hydrogen-bond donors (Lipinski definition) is 3. The van der Waals surface area contributed by atoms with Crippen LogP contribution in [0.3, 0.4) is 0 Å². The fourth-order valence-electron chi connectivity index (χ4n) is 4.43. The Kier molecular flexibility index (Phi) is 7.33. The molecule has 2 fully saturated rings. The van der Waals surface area contributed by atoms with Crippen molar-refractivity contribution >= 4 is 23.4 Å². The molecule has 6 heteroatoms. The maximum atomic E-state index is 14.7. The Balaban J connectivity index is 1.68. The van der Waals surface area contributed by atoms with E-state index in [1.54, 1.807) is 19.3 Å². The number of nitrogens with one attached hydrogen (secondary N) is 2. The molecule has 2 aromatic carbocycles. The maximum absolute atomic E-state index is 14.7. The van der Waals surface area contributed by atoms with Crippen LogP contribution in [0.2, 0.25) is 0 Å². The standard InChI is InChI=1S/C29H31FN4O/c1-3-7-27(35)33-19-21-8-4-5-11-26(21)28(20-9-6-10-20)34-29(12-13-29)24-14-22(15-25(30)16-24)23(17-31)18-32-2/h4-5,7-8,11,14-18,34H,1,6,9-10,12-13,19,31H2,2H3,(H,33,35)/b23-17+,32-18?. The summed E-state index contributed by atoms with van der Waals surface area (Å²) in [7, 11) is 1.66. The van der Waals surface area contributed by atoms with Crippen LogP contribution in [-0.2, 0) is 16.9 Å². The van der Waals surface area contributed by atoms with E-state index in [2.05, 4.69) is 34.0 Å². The van der Waals surface area contributed by atoms with Gasteiger partial charge in [0, 0.05) is 48.9 Å². The minimum absolute atomic E-state index is 0.231. The zero-order chi connectivity index (χ0) is 24.8. The summed E-state index contributed by atoms with van der Waals surface area (Å²) in [6.45, 7) is 3.85. The van der Waals surface area contributed by atoms with Gasteiger partial charge in [0.15, 0.2) is 0 Å². The van der Waals surface area contributed by atoms with Crippen LogP contribution in [0.4, 0.5) is 4.39 Å². The predicted molar refractivity (Wildman–Crippen MR) is 140 cm³/mol. The predicted octanol–water partition coefficient (Wildman–Crippen LogP) is 4.96. The molecule has 5 nitrogen and oxygen atoms in total. The van der Waals surface area contributed by atoms with Crippen molar-refractivity contribution in [1.29, 1.82) is 0 Å². The highest BCUT2D eigenvalue weighted by atomic mass is 19.1. The molecule has 0 unspecified atom stereocenters. The van der Waals surface area contributed by atoms with E-state index in [9.17, 15) is 9.18 Å². The number of nitrogens with two attached hydrogens (primary N) is 1. The van der Waals surface area contributed by atoms with Crippen LogP contribution in [0, 0.1) is 5.82 Å². The topological polar surface area (TPSA) is 79.5 Å². The van der Waals surface area contributed by atoms with Gasteiger partial charge in [0.25, 0.3) is 5.91 Å². The van der Waals surface area contributed by atoms with Gasteiger partial charge >= 0.3 is 0 Å². The molecule has 35 heavy (non-hydrogen) atoms. The van der Waals surface area contributed by atoms with Crippen molar-refractivity contribution < 1.29 is 9.18 Å². The molecule has 4 N–H and O–H groups in total. The summed E-state index contributed by atoms with van der Waals surface area (Å²) in [5.74, 6) is -0.531. The monoisotopic (exact) mass is 470 g/mol. The third-order valence-corrected chi connectivity index (χ3v) is 6.63. The molecule has 0 aliphatic heterocycles. The van der Waals surface area contributed by atoms with Crippen LogP contribution >= 0.6 is 0 Å². The summed E-state index contributed by atoms with van der Waals surface area (Å²) in [5, 5.41) is 6.72. The summed E-state index contributed by atoms with van der Waals surface area (Å²) in [5.41, 5.74) is 14.8. The second-order valence-corrected chi connectivity index (χ2v) is 9.00. The number of aliphatic imine (C=N–C) groups is 1. The molecule has 1 amide bonds. The maximum Gasteiger partial charge on any atom is 0.251 e. The van der Waals surface area contributed by atoms with Gasteiger partial charge in [0.05, 0.1) is 5.54 Å². The number of benzene rings is 2. The first kappa shape index (κ1) is 24.2. The molecule has 0 saturated heterocycles. The SMILES string of the molecule is C=C=CC(=O)NCc1ccccc1C(NC1(c2cc(F)cc(/C(C=NC)=C/N)c2)CC1)=C1CCC1. The normalized spacial score (nSPS) is 16.3. The Morgan fingerprint density at radius 2 is 2.03 bits per heavy atom. The van der Waals surface area contributed by atoms with Crippen LogP contribution in [0.25, 0.3) is 11.3 Å². The highest BCUT2D eigenvalue weighted by molar-refractivity contribution is 6.09. The fourth-order valence-corrected chi connectivity index (χ4v) is 4.43. The Labute approximate surface area is 206 Å². The molecule has 180 valence electrons. The number of carbonyl (C=O) groups excluding carboxylic acids is 1.